The number of hydrogen-bond donors (Lipinski definition) is 4. The number of carbonyl (C=O) groups is 1. The number of aryl methyl sites for hydroxylation is 1. The number of rotatable bonds is 5. The fraction of sp³-hybridized carbons (Fsp3) is 0.556. The van der Waals surface area contributed by atoms with Crippen molar-refractivity contribution in [3.05, 3.63) is 54.2 Å². The van der Waals surface area contributed by atoms with Gasteiger partial charge in [0.25, 0.3) is 0 Å². The van der Waals surface area contributed by atoms with Gasteiger partial charge in [0.2, 0.25) is 5.91 Å². The lowest BCUT2D eigenvalue weighted by Gasteiger charge is -2.38. The van der Waals surface area contributed by atoms with Gasteiger partial charge in [0.15, 0.2) is 0 Å². The van der Waals surface area contributed by atoms with Gasteiger partial charge >= 0.3 is 0 Å². The maximum Gasteiger partial charge on any atom is 0.223 e. The molecule has 4 heterocycles. The lowest BCUT2D eigenvalue weighted by atomic mass is 9.74. The summed E-state index contributed by atoms with van der Waals surface area (Å²) in [7, 11) is 0. The summed E-state index contributed by atoms with van der Waals surface area (Å²) in [4.78, 5) is 21.9. The molecule has 6 atom stereocenters. The molecule has 1 aliphatic heterocycles. The van der Waals surface area contributed by atoms with Crippen LogP contribution in [0.3, 0.4) is 0 Å². The number of nitrogens with zero attached hydrogens (tertiary/aromatic N) is 4. The van der Waals surface area contributed by atoms with Gasteiger partial charge in [0.1, 0.15) is 0 Å². The van der Waals surface area contributed by atoms with Crippen molar-refractivity contribution in [1.82, 2.24) is 35.9 Å². The quantitative estimate of drug-likeness (QED) is 0.435. The van der Waals surface area contributed by atoms with Crippen molar-refractivity contribution >= 4 is 16.8 Å². The van der Waals surface area contributed by atoms with E-state index in [0.29, 0.717) is 31.3 Å². The number of fused-ring (bicyclic) bond motifs is 2. The Kier molecular flexibility index (Phi) is 6.23. The summed E-state index contributed by atoms with van der Waals surface area (Å²) >= 11 is 0. The van der Waals surface area contributed by atoms with Crippen LogP contribution in [-0.4, -0.2) is 48.4 Å². The summed E-state index contributed by atoms with van der Waals surface area (Å²) in [6.07, 6.45) is 13.0. The van der Waals surface area contributed by atoms with Gasteiger partial charge < -0.3 is 10.4 Å². The van der Waals surface area contributed by atoms with E-state index in [4.69, 9.17) is 0 Å². The monoisotopic (exact) mass is 489 g/mol. The smallest absolute Gasteiger partial charge is 0.223 e. The van der Waals surface area contributed by atoms with Crippen molar-refractivity contribution in [2.45, 2.75) is 82.1 Å². The third-order valence-electron chi connectivity index (χ3n) is 8.46. The standard InChI is InChI=1S/C27H35N7O2/c1-17-11-18(7-10-29-17)25-22-12-19(4-5-23(22)32-33-25)26(35)31-21-3-2-8-27(36,13-21)16-34-24-15-28-9-6-20(24)14-30-34/h6-7,9-11,14-15,19,21-23,25,32-33,36H,2-5,8,12-13,16H2,1H3,(H,31,35)/t19?,21-,22?,23?,25?,27+/m1/s1. The van der Waals surface area contributed by atoms with E-state index < -0.39 is 5.60 Å². The zero-order valence-electron chi connectivity index (χ0n) is 20.7. The molecule has 3 aromatic heterocycles. The second-order valence-electron chi connectivity index (χ2n) is 11.0. The Hall–Kier alpha value is -2.88. The van der Waals surface area contributed by atoms with Crippen LogP contribution in [0.1, 0.15) is 62.2 Å². The van der Waals surface area contributed by atoms with Crippen LogP contribution in [0.15, 0.2) is 43.0 Å². The lowest BCUT2D eigenvalue weighted by molar-refractivity contribution is -0.128. The molecular weight excluding hydrogens is 454 g/mol. The molecule has 1 saturated heterocycles. The van der Waals surface area contributed by atoms with Crippen LogP contribution < -0.4 is 16.2 Å². The number of pyridine rings is 2. The topological polar surface area (TPSA) is 117 Å². The number of amides is 1. The molecule has 9 heteroatoms. The van der Waals surface area contributed by atoms with E-state index >= 15 is 0 Å². The van der Waals surface area contributed by atoms with Crippen LogP contribution in [-0.2, 0) is 11.3 Å². The van der Waals surface area contributed by atoms with Crippen molar-refractivity contribution < 1.29 is 9.90 Å². The van der Waals surface area contributed by atoms with Crippen LogP contribution in [0.5, 0.6) is 0 Å². The minimum atomic E-state index is -0.897. The first-order valence-corrected chi connectivity index (χ1v) is 13.2. The van der Waals surface area contributed by atoms with Gasteiger partial charge in [-0.2, -0.15) is 5.10 Å². The number of aromatic nitrogens is 4. The number of aliphatic hydroxyl groups is 1. The molecule has 4 N–H and O–H groups in total. The Balaban J connectivity index is 1.09. The molecule has 0 radical (unpaired) electrons. The minimum absolute atomic E-state index is 0.00506. The van der Waals surface area contributed by atoms with Gasteiger partial charge in [0, 0.05) is 41.5 Å². The highest BCUT2D eigenvalue weighted by Gasteiger charge is 2.43. The molecule has 6 rings (SSSR count). The number of hydrogen-bond acceptors (Lipinski definition) is 7. The normalized spacial score (nSPS) is 32.3. The molecular formula is C27H35N7O2. The molecule has 3 fully saturated rings. The lowest BCUT2D eigenvalue weighted by Crippen LogP contribution is -2.50. The van der Waals surface area contributed by atoms with E-state index in [1.807, 2.05) is 30.1 Å². The molecule has 1 amide bonds. The molecule has 4 unspecified atom stereocenters. The Morgan fingerprint density at radius 2 is 2.14 bits per heavy atom. The number of nitrogens with one attached hydrogen (secondary N) is 3. The van der Waals surface area contributed by atoms with Crippen LogP contribution in [0.25, 0.3) is 10.9 Å². The molecule has 2 saturated carbocycles. The first-order valence-electron chi connectivity index (χ1n) is 13.2. The van der Waals surface area contributed by atoms with E-state index in [2.05, 4.69) is 43.4 Å². The molecule has 36 heavy (non-hydrogen) atoms. The third kappa shape index (κ3) is 4.63. The second-order valence-corrected chi connectivity index (χ2v) is 11.0. The van der Waals surface area contributed by atoms with Gasteiger partial charge in [0.05, 0.1) is 36.1 Å². The van der Waals surface area contributed by atoms with Crippen molar-refractivity contribution in [3.8, 4) is 0 Å². The van der Waals surface area contributed by atoms with Crippen molar-refractivity contribution in [2.24, 2.45) is 11.8 Å². The predicted molar refractivity (Wildman–Crippen MR) is 135 cm³/mol. The van der Waals surface area contributed by atoms with Crippen LogP contribution in [0.4, 0.5) is 0 Å². The van der Waals surface area contributed by atoms with Crippen LogP contribution in [0.2, 0.25) is 0 Å². The second kappa shape index (κ2) is 9.53. The fourth-order valence-electron chi connectivity index (χ4n) is 6.63. The molecule has 9 nitrogen and oxygen atoms in total. The SMILES string of the molecule is Cc1cc(C2NNC3CCC(C(=O)N[C@@H]4CCC[C@@](O)(Cn5ncc6ccncc65)C4)CC32)ccn1. The molecule has 3 aromatic rings. The number of hydrazine groups is 1. The summed E-state index contributed by atoms with van der Waals surface area (Å²) in [6.45, 7) is 2.42. The molecule has 3 aliphatic rings. The molecule has 0 aromatic carbocycles. The van der Waals surface area contributed by atoms with Crippen molar-refractivity contribution in [3.63, 3.8) is 0 Å². The first kappa shape index (κ1) is 23.5. The van der Waals surface area contributed by atoms with E-state index in [1.165, 1.54) is 5.56 Å². The van der Waals surface area contributed by atoms with E-state index in [9.17, 15) is 9.90 Å². The highest BCUT2D eigenvalue weighted by molar-refractivity contribution is 5.79. The highest BCUT2D eigenvalue weighted by Crippen LogP contribution is 2.41. The summed E-state index contributed by atoms with van der Waals surface area (Å²) in [5.74, 6) is 0.490. The van der Waals surface area contributed by atoms with E-state index in [1.54, 1.807) is 12.4 Å². The van der Waals surface area contributed by atoms with Crippen LogP contribution >= 0.6 is 0 Å². The van der Waals surface area contributed by atoms with Gasteiger partial charge in [-0.05, 0) is 81.5 Å². The van der Waals surface area contributed by atoms with Crippen molar-refractivity contribution in [2.75, 3.05) is 0 Å². The summed E-state index contributed by atoms with van der Waals surface area (Å²) < 4.78 is 1.84. The van der Waals surface area contributed by atoms with Crippen molar-refractivity contribution in [1.29, 1.82) is 0 Å². The van der Waals surface area contributed by atoms with Gasteiger partial charge in [-0.1, -0.05) is 0 Å². The molecule has 2 aliphatic carbocycles. The third-order valence-corrected chi connectivity index (χ3v) is 8.46. The van der Waals surface area contributed by atoms with Gasteiger partial charge in [-0.25, -0.2) is 5.43 Å². The Bertz CT molecular complexity index is 1250. The van der Waals surface area contributed by atoms with E-state index in [-0.39, 0.29) is 23.9 Å². The molecule has 0 bridgehead atoms. The fourth-order valence-corrected chi connectivity index (χ4v) is 6.63. The first-order chi connectivity index (χ1) is 17.5. The zero-order valence-corrected chi connectivity index (χ0v) is 20.7. The molecule has 190 valence electrons. The largest absolute Gasteiger partial charge is 0.388 e. The summed E-state index contributed by atoms with van der Waals surface area (Å²) in [5, 5.41) is 20.3. The van der Waals surface area contributed by atoms with Crippen LogP contribution in [0, 0.1) is 18.8 Å². The molecule has 0 spiro atoms. The average Bonchev–Trinajstić information content (AvgIpc) is 3.48. The summed E-state index contributed by atoms with van der Waals surface area (Å²) in [5.41, 5.74) is 9.19. The van der Waals surface area contributed by atoms with Gasteiger partial charge in [-0.15, -0.1) is 0 Å². The zero-order chi connectivity index (χ0) is 24.7. The maximum absolute atomic E-state index is 13.4. The minimum Gasteiger partial charge on any atom is -0.388 e. The highest BCUT2D eigenvalue weighted by atomic mass is 16.3. The Morgan fingerprint density at radius 3 is 3.03 bits per heavy atom. The van der Waals surface area contributed by atoms with Gasteiger partial charge in [-0.3, -0.25) is 24.9 Å². The average molecular weight is 490 g/mol. The summed E-state index contributed by atoms with van der Waals surface area (Å²) in [6, 6.07) is 6.67. The number of carbonyl (C=O) groups excluding carboxylic acids is 1. The Labute approximate surface area is 211 Å². The Morgan fingerprint density at radius 1 is 1.22 bits per heavy atom. The van der Waals surface area contributed by atoms with E-state index in [0.717, 1.165) is 48.7 Å². The maximum atomic E-state index is 13.4. The predicted octanol–water partition coefficient (Wildman–Crippen LogP) is 2.56.